The van der Waals surface area contributed by atoms with Crippen LogP contribution in [-0.2, 0) is 0 Å². The number of nitrogens with zero attached hydrogens (tertiary/aromatic N) is 1. The van der Waals surface area contributed by atoms with E-state index in [1.54, 1.807) is 0 Å². The fourth-order valence-corrected chi connectivity index (χ4v) is 1.96. The monoisotopic (exact) mass is 182 g/mol. The lowest BCUT2D eigenvalue weighted by atomic mass is 10.0. The minimum Gasteiger partial charge on any atom is -0.329 e. The van der Waals surface area contributed by atoms with Crippen LogP contribution in [0.3, 0.4) is 0 Å². The summed E-state index contributed by atoms with van der Waals surface area (Å²) in [6.07, 6.45) is 5.10. The van der Waals surface area contributed by atoms with Gasteiger partial charge in [0, 0.05) is 19.1 Å². The molecule has 2 nitrogen and oxygen atoms in total. The molecule has 0 saturated carbocycles. The van der Waals surface area contributed by atoms with Crippen molar-refractivity contribution in [2.45, 2.75) is 38.6 Å². The molecule has 1 rings (SSSR count). The summed E-state index contributed by atoms with van der Waals surface area (Å²) in [4.78, 5) is 2.53. The van der Waals surface area contributed by atoms with Gasteiger partial charge in [-0.25, -0.2) is 0 Å². The van der Waals surface area contributed by atoms with E-state index in [0.717, 1.165) is 19.5 Å². The number of hydrogen-bond donors (Lipinski definition) is 1. The first kappa shape index (κ1) is 10.7. The van der Waals surface area contributed by atoms with Crippen molar-refractivity contribution in [3.05, 3.63) is 12.2 Å². The second-order valence-corrected chi connectivity index (χ2v) is 4.13. The standard InChI is InChI=1S/C11H22N2/c1-10(2)6-8-13-7-4-3-5-11(13)9-12/h11H,1,3-9,12H2,2H3. The number of piperidine rings is 1. The smallest absolute Gasteiger partial charge is 0.0218 e. The van der Waals surface area contributed by atoms with Gasteiger partial charge in [-0.2, -0.15) is 0 Å². The average molecular weight is 182 g/mol. The summed E-state index contributed by atoms with van der Waals surface area (Å²) in [5, 5.41) is 0. The summed E-state index contributed by atoms with van der Waals surface area (Å²) >= 11 is 0. The molecule has 0 bridgehead atoms. The largest absolute Gasteiger partial charge is 0.329 e. The summed E-state index contributed by atoms with van der Waals surface area (Å²) in [7, 11) is 0. The molecule has 1 aliphatic heterocycles. The molecule has 0 aliphatic carbocycles. The van der Waals surface area contributed by atoms with Crippen molar-refractivity contribution in [2.75, 3.05) is 19.6 Å². The Morgan fingerprint density at radius 2 is 2.31 bits per heavy atom. The fraction of sp³-hybridized carbons (Fsp3) is 0.818. The van der Waals surface area contributed by atoms with Gasteiger partial charge in [0.25, 0.3) is 0 Å². The zero-order valence-corrected chi connectivity index (χ0v) is 8.76. The van der Waals surface area contributed by atoms with E-state index in [2.05, 4.69) is 18.4 Å². The number of rotatable bonds is 4. The average Bonchev–Trinajstić information content (AvgIpc) is 2.15. The molecule has 0 amide bonds. The Balaban J connectivity index is 2.31. The maximum absolute atomic E-state index is 5.74. The predicted octanol–water partition coefficient (Wildman–Crippen LogP) is 1.77. The van der Waals surface area contributed by atoms with Crippen molar-refractivity contribution < 1.29 is 0 Å². The Kier molecular flexibility index (Phi) is 4.46. The zero-order valence-electron chi connectivity index (χ0n) is 8.76. The first-order valence-corrected chi connectivity index (χ1v) is 5.32. The molecule has 76 valence electrons. The van der Waals surface area contributed by atoms with Gasteiger partial charge < -0.3 is 5.73 Å². The summed E-state index contributed by atoms with van der Waals surface area (Å²) < 4.78 is 0. The molecule has 0 spiro atoms. The van der Waals surface area contributed by atoms with Crippen LogP contribution in [0, 0.1) is 0 Å². The zero-order chi connectivity index (χ0) is 9.68. The Labute approximate surface area is 81.8 Å². The van der Waals surface area contributed by atoms with Crippen LogP contribution in [-0.4, -0.2) is 30.6 Å². The molecular formula is C11H22N2. The van der Waals surface area contributed by atoms with E-state index in [0.29, 0.717) is 6.04 Å². The van der Waals surface area contributed by atoms with Crippen LogP contribution >= 0.6 is 0 Å². The van der Waals surface area contributed by atoms with Gasteiger partial charge in [0.15, 0.2) is 0 Å². The first-order valence-electron chi connectivity index (χ1n) is 5.32. The molecule has 1 atom stereocenters. The van der Waals surface area contributed by atoms with Crippen LogP contribution in [0.5, 0.6) is 0 Å². The van der Waals surface area contributed by atoms with Crippen LogP contribution < -0.4 is 5.73 Å². The van der Waals surface area contributed by atoms with Crippen molar-refractivity contribution >= 4 is 0 Å². The summed E-state index contributed by atoms with van der Waals surface area (Å²) in [5.41, 5.74) is 7.01. The highest BCUT2D eigenvalue weighted by molar-refractivity contribution is 4.90. The molecule has 1 heterocycles. The Morgan fingerprint density at radius 3 is 2.92 bits per heavy atom. The van der Waals surface area contributed by atoms with Crippen molar-refractivity contribution in [3.63, 3.8) is 0 Å². The highest BCUT2D eigenvalue weighted by Gasteiger charge is 2.19. The molecule has 0 radical (unpaired) electrons. The normalized spacial score (nSPS) is 24.6. The van der Waals surface area contributed by atoms with Crippen molar-refractivity contribution in [3.8, 4) is 0 Å². The Bertz CT molecular complexity index is 165. The van der Waals surface area contributed by atoms with E-state index in [9.17, 15) is 0 Å². The number of nitrogens with two attached hydrogens (primary N) is 1. The molecule has 2 N–H and O–H groups in total. The van der Waals surface area contributed by atoms with Crippen molar-refractivity contribution in [1.29, 1.82) is 0 Å². The quantitative estimate of drug-likeness (QED) is 0.671. The molecular weight excluding hydrogens is 160 g/mol. The summed E-state index contributed by atoms with van der Waals surface area (Å²) in [6.45, 7) is 9.23. The van der Waals surface area contributed by atoms with Crippen LogP contribution in [0.2, 0.25) is 0 Å². The predicted molar refractivity (Wildman–Crippen MR) is 57.7 cm³/mol. The first-order chi connectivity index (χ1) is 6.24. The maximum Gasteiger partial charge on any atom is 0.0218 e. The van der Waals surface area contributed by atoms with Gasteiger partial charge >= 0.3 is 0 Å². The lowest BCUT2D eigenvalue weighted by Crippen LogP contribution is -2.44. The van der Waals surface area contributed by atoms with Crippen LogP contribution in [0.1, 0.15) is 32.6 Å². The Morgan fingerprint density at radius 1 is 1.54 bits per heavy atom. The van der Waals surface area contributed by atoms with E-state index >= 15 is 0 Å². The van der Waals surface area contributed by atoms with Gasteiger partial charge in [0.1, 0.15) is 0 Å². The minimum absolute atomic E-state index is 0.632. The van der Waals surface area contributed by atoms with Crippen molar-refractivity contribution in [2.24, 2.45) is 5.73 Å². The van der Waals surface area contributed by atoms with Gasteiger partial charge in [0.05, 0.1) is 0 Å². The molecule has 0 aromatic heterocycles. The third kappa shape index (κ3) is 3.49. The lowest BCUT2D eigenvalue weighted by molar-refractivity contribution is 0.155. The molecule has 1 saturated heterocycles. The van der Waals surface area contributed by atoms with E-state index in [1.165, 1.54) is 31.4 Å². The lowest BCUT2D eigenvalue weighted by Gasteiger charge is -2.34. The SMILES string of the molecule is C=C(C)CCN1CCCCC1CN. The number of hydrogen-bond acceptors (Lipinski definition) is 2. The fourth-order valence-electron chi connectivity index (χ4n) is 1.96. The van der Waals surface area contributed by atoms with Crippen LogP contribution in [0.4, 0.5) is 0 Å². The van der Waals surface area contributed by atoms with E-state index < -0.39 is 0 Å². The van der Waals surface area contributed by atoms with Gasteiger partial charge in [-0.15, -0.1) is 6.58 Å². The molecule has 0 aromatic carbocycles. The van der Waals surface area contributed by atoms with Crippen LogP contribution in [0.15, 0.2) is 12.2 Å². The highest BCUT2D eigenvalue weighted by atomic mass is 15.2. The van der Waals surface area contributed by atoms with Gasteiger partial charge in [-0.1, -0.05) is 12.0 Å². The van der Waals surface area contributed by atoms with E-state index in [4.69, 9.17) is 5.73 Å². The van der Waals surface area contributed by atoms with Gasteiger partial charge in [0.2, 0.25) is 0 Å². The molecule has 1 unspecified atom stereocenters. The summed E-state index contributed by atoms with van der Waals surface area (Å²) in [5.74, 6) is 0. The molecule has 1 aliphatic rings. The van der Waals surface area contributed by atoms with E-state index in [-0.39, 0.29) is 0 Å². The van der Waals surface area contributed by atoms with E-state index in [1.807, 2.05) is 0 Å². The Hall–Kier alpha value is -0.340. The maximum atomic E-state index is 5.74. The number of likely N-dealkylation sites (tertiary alicyclic amines) is 1. The van der Waals surface area contributed by atoms with Gasteiger partial charge in [-0.05, 0) is 32.7 Å². The topological polar surface area (TPSA) is 29.3 Å². The third-order valence-corrected chi connectivity index (χ3v) is 2.85. The molecule has 0 aromatic rings. The molecule has 1 fully saturated rings. The van der Waals surface area contributed by atoms with Crippen molar-refractivity contribution in [1.82, 2.24) is 4.90 Å². The molecule has 2 heteroatoms. The van der Waals surface area contributed by atoms with Crippen LogP contribution in [0.25, 0.3) is 0 Å². The second kappa shape index (κ2) is 5.40. The third-order valence-electron chi connectivity index (χ3n) is 2.85. The van der Waals surface area contributed by atoms with Gasteiger partial charge in [-0.3, -0.25) is 4.90 Å². The summed E-state index contributed by atoms with van der Waals surface area (Å²) in [6, 6.07) is 0.632. The molecule has 13 heavy (non-hydrogen) atoms. The highest BCUT2D eigenvalue weighted by Crippen LogP contribution is 2.16. The minimum atomic E-state index is 0.632. The second-order valence-electron chi connectivity index (χ2n) is 4.13.